The monoisotopic (exact) mass is 353 g/mol. The molecular formula is C22H29N2O2+. The molecule has 3 aliphatic rings. The highest BCUT2D eigenvalue weighted by molar-refractivity contribution is 5.83. The number of likely N-dealkylation sites (N-methyl/N-ethyl adjacent to an activating group) is 1. The van der Waals surface area contributed by atoms with Crippen molar-refractivity contribution >= 4 is 10.9 Å². The van der Waals surface area contributed by atoms with Gasteiger partial charge in [-0.3, -0.25) is 4.98 Å². The zero-order valence-corrected chi connectivity index (χ0v) is 15.8. The molecule has 1 aromatic carbocycles. The molecule has 0 aliphatic carbocycles. The number of aliphatic hydroxyl groups excluding tert-OH is 1. The standard InChI is InChI=1S/C22H29N2O2/c1-4-15-14-24(5-2)11-9-16(15)12-21(24)22(25)18-8-10-23-20-7-6-17(26-3)13-19(18)20/h4,6-8,10,13,15-16,21-22,25H,1,5,9,11-12,14H2,2-3H3/q+1/t15?,16?,21-,22-,24?/m0/s1. The molecule has 2 bridgehead atoms. The molecule has 3 aliphatic heterocycles. The summed E-state index contributed by atoms with van der Waals surface area (Å²) in [7, 11) is 1.67. The third-order valence-corrected chi connectivity index (χ3v) is 6.97. The van der Waals surface area contributed by atoms with Crippen molar-refractivity contribution in [2.45, 2.75) is 31.9 Å². The van der Waals surface area contributed by atoms with Crippen molar-refractivity contribution in [2.24, 2.45) is 11.8 Å². The lowest BCUT2D eigenvalue weighted by Gasteiger charge is -2.57. The first-order chi connectivity index (χ1) is 12.6. The molecule has 5 atom stereocenters. The zero-order chi connectivity index (χ0) is 18.3. The van der Waals surface area contributed by atoms with Gasteiger partial charge in [0, 0.05) is 30.3 Å². The van der Waals surface area contributed by atoms with E-state index in [0.29, 0.717) is 11.8 Å². The minimum atomic E-state index is -0.485. The smallest absolute Gasteiger partial charge is 0.131 e. The fourth-order valence-electron chi connectivity index (χ4n) is 5.38. The number of benzene rings is 1. The van der Waals surface area contributed by atoms with Crippen molar-refractivity contribution in [1.82, 2.24) is 4.98 Å². The van der Waals surface area contributed by atoms with Gasteiger partial charge in [0.05, 0.1) is 32.3 Å². The van der Waals surface area contributed by atoms with Crippen molar-refractivity contribution in [3.8, 4) is 5.75 Å². The highest BCUT2D eigenvalue weighted by atomic mass is 16.5. The Labute approximate surface area is 155 Å². The lowest BCUT2D eigenvalue weighted by atomic mass is 9.71. The van der Waals surface area contributed by atoms with Crippen LogP contribution < -0.4 is 4.74 Å². The Bertz CT molecular complexity index is 821. The number of aliphatic hydroxyl groups is 1. The number of hydrogen-bond donors (Lipinski definition) is 1. The molecule has 4 heteroatoms. The second-order valence-electron chi connectivity index (χ2n) is 7.92. The van der Waals surface area contributed by atoms with Crippen molar-refractivity contribution in [2.75, 3.05) is 26.7 Å². The van der Waals surface area contributed by atoms with Crippen LogP contribution in [0.1, 0.15) is 31.4 Å². The van der Waals surface area contributed by atoms with E-state index in [0.717, 1.165) is 46.2 Å². The Morgan fingerprint density at radius 3 is 3.00 bits per heavy atom. The molecule has 0 amide bonds. The molecule has 4 heterocycles. The number of nitrogens with zero attached hydrogens (tertiary/aromatic N) is 2. The largest absolute Gasteiger partial charge is 0.497 e. The molecule has 3 fully saturated rings. The van der Waals surface area contributed by atoms with Crippen LogP contribution in [0.4, 0.5) is 0 Å². The Morgan fingerprint density at radius 2 is 2.27 bits per heavy atom. The first-order valence-corrected chi connectivity index (χ1v) is 9.71. The van der Waals surface area contributed by atoms with Crippen LogP contribution >= 0.6 is 0 Å². The normalized spacial score (nSPS) is 31.7. The summed E-state index contributed by atoms with van der Waals surface area (Å²) in [5, 5.41) is 12.5. The first kappa shape index (κ1) is 17.5. The number of hydrogen-bond acceptors (Lipinski definition) is 3. The van der Waals surface area contributed by atoms with Crippen LogP contribution in [0, 0.1) is 11.8 Å². The maximum atomic E-state index is 11.5. The van der Waals surface area contributed by atoms with Crippen LogP contribution in [-0.4, -0.2) is 47.4 Å². The molecule has 2 aromatic rings. The van der Waals surface area contributed by atoms with E-state index in [2.05, 4.69) is 24.6 Å². The van der Waals surface area contributed by atoms with Gasteiger partial charge in [-0.25, -0.2) is 0 Å². The molecule has 1 N–H and O–H groups in total. The molecule has 0 radical (unpaired) electrons. The maximum absolute atomic E-state index is 11.5. The zero-order valence-electron chi connectivity index (χ0n) is 15.8. The molecule has 26 heavy (non-hydrogen) atoms. The molecule has 4 nitrogen and oxygen atoms in total. The van der Waals surface area contributed by atoms with Gasteiger partial charge in [0.15, 0.2) is 0 Å². The third kappa shape index (κ3) is 2.63. The number of ether oxygens (including phenoxy) is 1. The van der Waals surface area contributed by atoms with Gasteiger partial charge in [-0.05, 0) is 42.7 Å². The average Bonchev–Trinajstić information content (AvgIpc) is 2.72. The quantitative estimate of drug-likeness (QED) is 0.658. The van der Waals surface area contributed by atoms with E-state index < -0.39 is 6.10 Å². The lowest BCUT2D eigenvalue weighted by Crippen LogP contribution is -2.68. The first-order valence-electron chi connectivity index (χ1n) is 9.71. The summed E-state index contributed by atoms with van der Waals surface area (Å²) in [6.45, 7) is 9.66. The number of aromatic nitrogens is 1. The van der Waals surface area contributed by atoms with Crippen molar-refractivity contribution in [3.05, 3.63) is 48.7 Å². The fraction of sp³-hybridized carbons (Fsp3) is 0.500. The van der Waals surface area contributed by atoms with E-state index >= 15 is 0 Å². The van der Waals surface area contributed by atoms with E-state index in [4.69, 9.17) is 4.74 Å². The summed E-state index contributed by atoms with van der Waals surface area (Å²) in [5.74, 6) is 2.04. The van der Waals surface area contributed by atoms with Gasteiger partial charge in [-0.1, -0.05) is 6.08 Å². The van der Waals surface area contributed by atoms with Crippen LogP contribution in [0.2, 0.25) is 0 Å². The van der Waals surface area contributed by atoms with E-state index in [1.54, 1.807) is 7.11 Å². The van der Waals surface area contributed by atoms with Crippen LogP contribution in [0.3, 0.4) is 0 Å². The third-order valence-electron chi connectivity index (χ3n) is 6.97. The van der Waals surface area contributed by atoms with Crippen LogP contribution in [0.25, 0.3) is 10.9 Å². The number of pyridine rings is 1. The number of rotatable bonds is 5. The Morgan fingerprint density at radius 1 is 1.42 bits per heavy atom. The number of methoxy groups -OCH3 is 1. The number of quaternary nitrogens is 1. The number of fused-ring (bicyclic) bond motifs is 4. The van der Waals surface area contributed by atoms with Gasteiger partial charge in [-0.2, -0.15) is 0 Å². The lowest BCUT2D eigenvalue weighted by molar-refractivity contribution is -0.971. The summed E-state index contributed by atoms with van der Waals surface area (Å²) in [6, 6.07) is 8.11. The Balaban J connectivity index is 1.75. The molecule has 5 rings (SSSR count). The van der Waals surface area contributed by atoms with E-state index in [1.165, 1.54) is 13.0 Å². The summed E-state index contributed by atoms with van der Waals surface area (Å²) in [5.41, 5.74) is 1.89. The van der Waals surface area contributed by atoms with Gasteiger partial charge >= 0.3 is 0 Å². The van der Waals surface area contributed by atoms with Crippen LogP contribution in [0.5, 0.6) is 5.75 Å². The average molecular weight is 353 g/mol. The second kappa shape index (κ2) is 6.67. The molecule has 3 saturated heterocycles. The molecular weight excluding hydrogens is 324 g/mol. The van der Waals surface area contributed by atoms with Crippen molar-refractivity contribution < 1.29 is 14.3 Å². The van der Waals surface area contributed by atoms with E-state index in [1.807, 2.05) is 30.5 Å². The van der Waals surface area contributed by atoms with Crippen LogP contribution in [0.15, 0.2) is 43.1 Å². The summed E-state index contributed by atoms with van der Waals surface area (Å²) < 4.78 is 6.40. The molecule has 0 spiro atoms. The predicted octanol–water partition coefficient (Wildman–Crippen LogP) is 3.71. The molecule has 0 saturated carbocycles. The molecule has 3 unspecified atom stereocenters. The van der Waals surface area contributed by atoms with Gasteiger partial charge < -0.3 is 14.3 Å². The topological polar surface area (TPSA) is 42.4 Å². The van der Waals surface area contributed by atoms with Crippen LogP contribution in [-0.2, 0) is 0 Å². The Kier molecular flexibility index (Phi) is 4.49. The summed E-state index contributed by atoms with van der Waals surface area (Å²) in [6.07, 6.45) is 5.79. The number of piperidine rings is 3. The summed E-state index contributed by atoms with van der Waals surface area (Å²) in [4.78, 5) is 4.47. The minimum absolute atomic E-state index is 0.242. The van der Waals surface area contributed by atoms with Gasteiger partial charge in [-0.15, -0.1) is 6.58 Å². The summed E-state index contributed by atoms with van der Waals surface area (Å²) >= 11 is 0. The maximum Gasteiger partial charge on any atom is 0.131 e. The van der Waals surface area contributed by atoms with E-state index in [9.17, 15) is 5.11 Å². The fourth-order valence-corrected chi connectivity index (χ4v) is 5.38. The molecule has 138 valence electrons. The highest BCUT2D eigenvalue weighted by Crippen LogP contribution is 2.46. The van der Waals surface area contributed by atoms with Crippen molar-refractivity contribution in [1.29, 1.82) is 0 Å². The van der Waals surface area contributed by atoms with Gasteiger partial charge in [0.2, 0.25) is 0 Å². The van der Waals surface area contributed by atoms with Gasteiger partial charge in [0.25, 0.3) is 0 Å². The second-order valence-corrected chi connectivity index (χ2v) is 7.92. The minimum Gasteiger partial charge on any atom is -0.497 e. The highest BCUT2D eigenvalue weighted by Gasteiger charge is 2.53. The molecule has 1 aromatic heterocycles. The SMILES string of the molecule is C=CC1C[N+]2(CC)CCC1C[C@H]2[C@@H](O)c1ccnc2ccc(OC)cc12. The van der Waals surface area contributed by atoms with Crippen molar-refractivity contribution in [3.63, 3.8) is 0 Å². The Hall–Kier alpha value is -1.91. The van der Waals surface area contributed by atoms with E-state index in [-0.39, 0.29) is 6.04 Å². The predicted molar refractivity (Wildman–Crippen MR) is 104 cm³/mol. The van der Waals surface area contributed by atoms with Gasteiger partial charge in [0.1, 0.15) is 17.9 Å².